The molecule has 1 amide bonds. The topological polar surface area (TPSA) is 53.8 Å². The van der Waals surface area contributed by atoms with Crippen molar-refractivity contribution in [3.05, 3.63) is 35.9 Å². The quantitative estimate of drug-likeness (QED) is 0.851. The SMILES string of the molecule is CSCCCC(=O)NC1=NN=C(c2ccccc2)CS1. The molecule has 0 aliphatic carbocycles. The Bertz CT molecular complexity index is 514. The van der Waals surface area contributed by atoms with Gasteiger partial charge in [-0.25, -0.2) is 0 Å². The van der Waals surface area contributed by atoms with E-state index in [1.807, 2.05) is 36.6 Å². The predicted octanol–water partition coefficient (Wildman–Crippen LogP) is 2.75. The molecule has 2 rings (SSSR count). The van der Waals surface area contributed by atoms with E-state index in [2.05, 4.69) is 15.5 Å². The van der Waals surface area contributed by atoms with Crippen LogP contribution in [0.2, 0.25) is 0 Å². The van der Waals surface area contributed by atoms with Crippen LogP contribution in [0.4, 0.5) is 0 Å². The first-order valence-corrected chi connectivity index (χ1v) is 8.79. The minimum absolute atomic E-state index is 0.0173. The summed E-state index contributed by atoms with van der Waals surface area (Å²) < 4.78 is 0. The highest BCUT2D eigenvalue weighted by molar-refractivity contribution is 8.14. The molecular formula is C14H17N3OS2. The maximum Gasteiger partial charge on any atom is 0.226 e. The van der Waals surface area contributed by atoms with Crippen LogP contribution in [0.15, 0.2) is 40.5 Å². The first-order chi connectivity index (χ1) is 9.79. The molecule has 1 aromatic rings. The molecule has 0 unspecified atom stereocenters. The highest BCUT2D eigenvalue weighted by Gasteiger charge is 2.14. The van der Waals surface area contributed by atoms with Crippen molar-refractivity contribution in [3.63, 3.8) is 0 Å². The second-order valence-electron chi connectivity index (χ2n) is 4.25. The minimum atomic E-state index is 0.0173. The summed E-state index contributed by atoms with van der Waals surface area (Å²) >= 11 is 3.27. The second-order valence-corrected chi connectivity index (χ2v) is 6.20. The third-order valence-corrected chi connectivity index (χ3v) is 4.28. The van der Waals surface area contributed by atoms with E-state index in [1.165, 1.54) is 11.8 Å². The molecule has 0 aromatic heterocycles. The first-order valence-electron chi connectivity index (χ1n) is 6.41. The first kappa shape index (κ1) is 15.1. The van der Waals surface area contributed by atoms with Gasteiger partial charge in [-0.15, -0.1) is 5.10 Å². The molecule has 1 aliphatic heterocycles. The van der Waals surface area contributed by atoms with Gasteiger partial charge >= 0.3 is 0 Å². The van der Waals surface area contributed by atoms with E-state index >= 15 is 0 Å². The van der Waals surface area contributed by atoms with Crippen molar-refractivity contribution in [3.8, 4) is 0 Å². The van der Waals surface area contributed by atoms with Crippen LogP contribution in [-0.2, 0) is 4.79 Å². The van der Waals surface area contributed by atoms with Gasteiger partial charge in [-0.3, -0.25) is 4.79 Å². The highest BCUT2D eigenvalue weighted by atomic mass is 32.2. The number of rotatable bonds is 5. The Balaban J connectivity index is 1.88. The number of thioether (sulfide) groups is 2. The maximum atomic E-state index is 11.7. The van der Waals surface area contributed by atoms with Gasteiger partial charge in [-0.2, -0.15) is 16.9 Å². The summed E-state index contributed by atoms with van der Waals surface area (Å²) in [7, 11) is 0. The molecule has 1 N–H and O–H groups in total. The van der Waals surface area contributed by atoms with Crippen molar-refractivity contribution in [2.45, 2.75) is 12.8 Å². The van der Waals surface area contributed by atoms with Gasteiger partial charge in [0.2, 0.25) is 5.91 Å². The van der Waals surface area contributed by atoms with Crippen LogP contribution < -0.4 is 5.32 Å². The molecule has 20 heavy (non-hydrogen) atoms. The summed E-state index contributed by atoms with van der Waals surface area (Å²) in [4.78, 5) is 11.7. The van der Waals surface area contributed by atoms with Gasteiger partial charge in [0, 0.05) is 12.2 Å². The second kappa shape index (κ2) is 8.11. The fourth-order valence-electron chi connectivity index (χ4n) is 1.69. The van der Waals surface area contributed by atoms with E-state index in [1.54, 1.807) is 11.8 Å². The summed E-state index contributed by atoms with van der Waals surface area (Å²) in [5.74, 6) is 1.75. The van der Waals surface area contributed by atoms with Crippen molar-refractivity contribution in [2.24, 2.45) is 10.2 Å². The van der Waals surface area contributed by atoms with Gasteiger partial charge in [-0.1, -0.05) is 42.1 Å². The molecule has 0 bridgehead atoms. The monoisotopic (exact) mass is 307 g/mol. The molecule has 0 fully saturated rings. The summed E-state index contributed by atoms with van der Waals surface area (Å²) in [5, 5.41) is 11.7. The molecule has 0 radical (unpaired) electrons. The Morgan fingerprint density at radius 3 is 2.80 bits per heavy atom. The van der Waals surface area contributed by atoms with E-state index in [0.29, 0.717) is 11.6 Å². The smallest absolute Gasteiger partial charge is 0.226 e. The molecule has 0 atom stereocenters. The molecule has 4 nitrogen and oxygen atoms in total. The van der Waals surface area contributed by atoms with E-state index in [4.69, 9.17) is 0 Å². The Morgan fingerprint density at radius 1 is 1.35 bits per heavy atom. The van der Waals surface area contributed by atoms with E-state index in [0.717, 1.165) is 29.2 Å². The maximum absolute atomic E-state index is 11.7. The molecular weight excluding hydrogens is 290 g/mol. The number of carbonyl (C=O) groups is 1. The summed E-state index contributed by atoms with van der Waals surface area (Å²) in [5.41, 5.74) is 2.02. The van der Waals surface area contributed by atoms with E-state index < -0.39 is 0 Å². The van der Waals surface area contributed by atoms with Gasteiger partial charge in [-0.05, 0) is 24.0 Å². The summed E-state index contributed by atoms with van der Waals surface area (Å²) in [6.07, 6.45) is 3.47. The van der Waals surface area contributed by atoms with Crippen molar-refractivity contribution in [1.82, 2.24) is 5.32 Å². The number of nitrogens with one attached hydrogen (secondary N) is 1. The highest BCUT2D eigenvalue weighted by Crippen LogP contribution is 2.14. The molecule has 1 heterocycles. The van der Waals surface area contributed by atoms with Gasteiger partial charge in [0.25, 0.3) is 0 Å². The van der Waals surface area contributed by atoms with Crippen LogP contribution >= 0.6 is 23.5 Å². The Labute approximate surface area is 127 Å². The lowest BCUT2D eigenvalue weighted by Gasteiger charge is -2.12. The normalized spacial score (nSPS) is 14.4. The average Bonchev–Trinajstić information content (AvgIpc) is 2.49. The van der Waals surface area contributed by atoms with E-state index in [-0.39, 0.29) is 5.91 Å². The standard InChI is InChI=1S/C14H17N3OS2/c1-19-9-5-8-13(18)15-14-17-16-12(10-20-14)11-6-3-2-4-7-11/h2-4,6-7H,5,8-10H2,1H3,(H,15,17,18). The lowest BCUT2D eigenvalue weighted by molar-refractivity contribution is -0.119. The number of amides is 1. The van der Waals surface area contributed by atoms with Crippen molar-refractivity contribution < 1.29 is 4.79 Å². The zero-order chi connectivity index (χ0) is 14.2. The molecule has 0 saturated heterocycles. The molecule has 106 valence electrons. The number of nitrogens with zero attached hydrogens (tertiary/aromatic N) is 2. The minimum Gasteiger partial charge on any atom is -0.304 e. The van der Waals surface area contributed by atoms with Gasteiger partial charge in [0.05, 0.1) is 5.71 Å². The van der Waals surface area contributed by atoms with E-state index in [9.17, 15) is 4.79 Å². The third-order valence-electron chi connectivity index (χ3n) is 2.71. The van der Waals surface area contributed by atoms with Crippen LogP contribution in [0.5, 0.6) is 0 Å². The third kappa shape index (κ3) is 4.68. The van der Waals surface area contributed by atoms with Gasteiger partial charge < -0.3 is 5.32 Å². The zero-order valence-electron chi connectivity index (χ0n) is 11.3. The fourth-order valence-corrected chi connectivity index (χ4v) is 2.91. The molecule has 6 heteroatoms. The Morgan fingerprint density at radius 2 is 2.15 bits per heavy atom. The van der Waals surface area contributed by atoms with Crippen LogP contribution in [0, 0.1) is 0 Å². The molecule has 0 saturated carbocycles. The Kier molecular flexibility index (Phi) is 6.14. The van der Waals surface area contributed by atoms with Crippen LogP contribution in [-0.4, -0.2) is 34.5 Å². The number of amidine groups is 1. The summed E-state index contributed by atoms with van der Waals surface area (Å²) in [6.45, 7) is 0. The van der Waals surface area contributed by atoms with Crippen LogP contribution in [0.3, 0.4) is 0 Å². The number of hydrogen-bond acceptors (Lipinski definition) is 5. The van der Waals surface area contributed by atoms with Gasteiger partial charge in [0.1, 0.15) is 0 Å². The molecule has 1 aliphatic rings. The van der Waals surface area contributed by atoms with Crippen molar-refractivity contribution >= 4 is 40.3 Å². The number of benzene rings is 1. The molecule has 1 aromatic carbocycles. The average molecular weight is 307 g/mol. The lowest BCUT2D eigenvalue weighted by Crippen LogP contribution is -2.30. The van der Waals surface area contributed by atoms with Gasteiger partial charge in [0.15, 0.2) is 5.17 Å². The van der Waals surface area contributed by atoms with Crippen LogP contribution in [0.1, 0.15) is 18.4 Å². The Hall–Kier alpha value is -1.27. The van der Waals surface area contributed by atoms with Crippen molar-refractivity contribution in [1.29, 1.82) is 0 Å². The number of carbonyl (C=O) groups excluding carboxylic acids is 1. The number of hydrogen-bond donors (Lipinski definition) is 1. The molecule has 0 spiro atoms. The van der Waals surface area contributed by atoms with Crippen LogP contribution in [0.25, 0.3) is 0 Å². The summed E-state index contributed by atoms with van der Waals surface area (Å²) in [6, 6.07) is 9.97. The zero-order valence-corrected chi connectivity index (χ0v) is 13.0. The van der Waals surface area contributed by atoms with Crippen molar-refractivity contribution in [2.75, 3.05) is 17.8 Å². The largest absolute Gasteiger partial charge is 0.304 e. The fraction of sp³-hybridized carbons (Fsp3) is 0.357. The lowest BCUT2D eigenvalue weighted by atomic mass is 10.1. The predicted molar refractivity (Wildman–Crippen MR) is 88.6 cm³/mol.